The highest BCUT2D eigenvalue weighted by molar-refractivity contribution is 5.74. The molecule has 1 fully saturated rings. The van der Waals surface area contributed by atoms with E-state index >= 15 is 0 Å². The van der Waals surface area contributed by atoms with Crippen LogP contribution >= 0.6 is 0 Å². The van der Waals surface area contributed by atoms with Gasteiger partial charge in [0.05, 0.1) is 6.10 Å². The first kappa shape index (κ1) is 18.3. The molecule has 0 aliphatic heterocycles. The highest BCUT2D eigenvalue weighted by atomic mass is 16.5. The van der Waals surface area contributed by atoms with Crippen LogP contribution in [0, 0.1) is 5.92 Å². The minimum Gasteiger partial charge on any atom is -0.481 e. The molecular formula is C18H26N2O4. The van der Waals surface area contributed by atoms with Crippen LogP contribution in [-0.2, 0) is 16.0 Å². The lowest BCUT2D eigenvalue weighted by molar-refractivity contribution is -0.137. The van der Waals surface area contributed by atoms with Crippen LogP contribution in [0.2, 0.25) is 0 Å². The fraction of sp³-hybridized carbons (Fsp3) is 0.556. The molecule has 1 aromatic carbocycles. The van der Waals surface area contributed by atoms with Crippen molar-refractivity contribution in [3.63, 3.8) is 0 Å². The third-order valence-electron chi connectivity index (χ3n) is 4.28. The van der Waals surface area contributed by atoms with Gasteiger partial charge in [0, 0.05) is 26.1 Å². The number of carboxylic acid groups (broad SMARTS) is 1. The number of hydrogen-bond donors (Lipinski definition) is 3. The van der Waals surface area contributed by atoms with Crippen molar-refractivity contribution in [3.05, 3.63) is 35.9 Å². The summed E-state index contributed by atoms with van der Waals surface area (Å²) < 4.78 is 5.38. The number of aliphatic carboxylic acids is 1. The highest BCUT2D eigenvalue weighted by Crippen LogP contribution is 2.33. The number of methoxy groups -OCH3 is 1. The predicted octanol–water partition coefficient (Wildman–Crippen LogP) is 2.19. The fourth-order valence-corrected chi connectivity index (χ4v) is 2.76. The molecule has 0 aromatic heterocycles. The summed E-state index contributed by atoms with van der Waals surface area (Å²) in [5, 5.41) is 14.6. The maximum atomic E-state index is 12.1. The van der Waals surface area contributed by atoms with Gasteiger partial charge in [-0.15, -0.1) is 0 Å². The highest BCUT2D eigenvalue weighted by Gasteiger charge is 2.31. The van der Waals surface area contributed by atoms with Crippen LogP contribution in [0.1, 0.15) is 31.2 Å². The Balaban J connectivity index is 1.83. The number of benzene rings is 1. The first-order chi connectivity index (χ1) is 11.6. The molecule has 2 unspecified atom stereocenters. The minimum atomic E-state index is -0.858. The van der Waals surface area contributed by atoms with Gasteiger partial charge >= 0.3 is 12.0 Å². The third-order valence-corrected chi connectivity index (χ3v) is 4.28. The van der Waals surface area contributed by atoms with E-state index in [0.29, 0.717) is 25.3 Å². The standard InChI is InChI=1S/C18H26N2O4/c1-24-16(14-7-8-14)12-19-18(23)20-15(9-10-17(21)22)11-13-5-3-2-4-6-13/h2-6,14-16H,7-12H2,1H3,(H,21,22)(H2,19,20,23). The number of rotatable bonds is 10. The number of ether oxygens (including phenoxy) is 1. The molecule has 24 heavy (non-hydrogen) atoms. The van der Waals surface area contributed by atoms with E-state index in [-0.39, 0.29) is 24.6 Å². The maximum absolute atomic E-state index is 12.1. The van der Waals surface area contributed by atoms with Crippen LogP contribution in [0.15, 0.2) is 30.3 Å². The molecule has 0 bridgehead atoms. The van der Waals surface area contributed by atoms with Crippen molar-refractivity contribution in [2.75, 3.05) is 13.7 Å². The molecule has 1 aliphatic rings. The SMILES string of the molecule is COC(CNC(=O)NC(CCC(=O)O)Cc1ccccc1)C1CC1. The maximum Gasteiger partial charge on any atom is 0.315 e. The molecule has 0 saturated heterocycles. The van der Waals surface area contributed by atoms with E-state index in [1.807, 2.05) is 30.3 Å². The van der Waals surface area contributed by atoms with Crippen molar-refractivity contribution in [2.24, 2.45) is 5.92 Å². The van der Waals surface area contributed by atoms with Crippen molar-refractivity contribution in [2.45, 2.75) is 44.2 Å². The Hall–Kier alpha value is -2.08. The molecule has 2 atom stereocenters. The largest absolute Gasteiger partial charge is 0.481 e. The molecule has 2 amide bonds. The summed E-state index contributed by atoms with van der Waals surface area (Å²) in [6, 6.07) is 9.25. The molecule has 1 saturated carbocycles. The summed E-state index contributed by atoms with van der Waals surface area (Å²) in [5.74, 6) is -0.314. The molecule has 1 aliphatic carbocycles. The molecule has 6 nitrogen and oxygen atoms in total. The Bertz CT molecular complexity index is 531. The normalized spacial score (nSPS) is 16.2. The van der Waals surface area contributed by atoms with Crippen molar-refractivity contribution in [3.8, 4) is 0 Å². The Labute approximate surface area is 142 Å². The van der Waals surface area contributed by atoms with Crippen LogP contribution in [0.5, 0.6) is 0 Å². The molecule has 2 rings (SSSR count). The fourth-order valence-electron chi connectivity index (χ4n) is 2.76. The Kier molecular flexibility index (Phi) is 7.06. The monoisotopic (exact) mass is 334 g/mol. The predicted molar refractivity (Wildman–Crippen MR) is 90.9 cm³/mol. The van der Waals surface area contributed by atoms with Gasteiger partial charge in [-0.25, -0.2) is 4.79 Å². The van der Waals surface area contributed by atoms with Crippen LogP contribution in [0.25, 0.3) is 0 Å². The van der Waals surface area contributed by atoms with Gasteiger partial charge in [-0.05, 0) is 37.2 Å². The number of hydrogen-bond acceptors (Lipinski definition) is 3. The van der Waals surface area contributed by atoms with Gasteiger partial charge in [-0.1, -0.05) is 30.3 Å². The molecule has 6 heteroatoms. The van der Waals surface area contributed by atoms with Crippen LogP contribution < -0.4 is 10.6 Å². The van der Waals surface area contributed by atoms with Crippen LogP contribution in [0.3, 0.4) is 0 Å². The van der Waals surface area contributed by atoms with Crippen molar-refractivity contribution >= 4 is 12.0 Å². The molecule has 0 spiro atoms. The minimum absolute atomic E-state index is 0.0283. The first-order valence-electron chi connectivity index (χ1n) is 8.41. The summed E-state index contributed by atoms with van der Waals surface area (Å²) in [6.07, 6.45) is 3.39. The zero-order chi connectivity index (χ0) is 17.4. The average Bonchev–Trinajstić information content (AvgIpc) is 3.39. The number of nitrogens with one attached hydrogen (secondary N) is 2. The van der Waals surface area contributed by atoms with Gasteiger partial charge in [0.2, 0.25) is 0 Å². The van der Waals surface area contributed by atoms with E-state index in [2.05, 4.69) is 10.6 Å². The summed E-state index contributed by atoms with van der Waals surface area (Å²) in [5.41, 5.74) is 1.07. The van der Waals surface area contributed by atoms with E-state index < -0.39 is 5.97 Å². The summed E-state index contributed by atoms with van der Waals surface area (Å²) in [6.45, 7) is 0.476. The van der Waals surface area contributed by atoms with E-state index in [9.17, 15) is 9.59 Å². The smallest absolute Gasteiger partial charge is 0.315 e. The second-order valence-corrected chi connectivity index (χ2v) is 6.29. The van der Waals surface area contributed by atoms with Crippen LogP contribution in [0.4, 0.5) is 4.79 Å². The number of carbonyl (C=O) groups excluding carboxylic acids is 1. The summed E-state index contributed by atoms with van der Waals surface area (Å²) in [7, 11) is 1.66. The molecule has 0 radical (unpaired) electrons. The molecule has 0 heterocycles. The van der Waals surface area contributed by atoms with Gasteiger partial charge in [-0.3, -0.25) is 4.79 Å². The second kappa shape index (κ2) is 9.27. The number of urea groups is 1. The molecule has 132 valence electrons. The van der Waals surface area contributed by atoms with Crippen molar-refractivity contribution in [1.82, 2.24) is 10.6 Å². The van der Waals surface area contributed by atoms with E-state index in [1.54, 1.807) is 7.11 Å². The summed E-state index contributed by atoms with van der Waals surface area (Å²) in [4.78, 5) is 23.0. The Morgan fingerprint density at radius 2 is 2.00 bits per heavy atom. The second-order valence-electron chi connectivity index (χ2n) is 6.29. The topological polar surface area (TPSA) is 87.7 Å². The van der Waals surface area contributed by atoms with Gasteiger partial charge in [0.1, 0.15) is 0 Å². The van der Waals surface area contributed by atoms with Crippen molar-refractivity contribution in [1.29, 1.82) is 0 Å². The number of amides is 2. The quantitative estimate of drug-likeness (QED) is 0.612. The lowest BCUT2D eigenvalue weighted by atomic mass is 10.0. The Morgan fingerprint density at radius 1 is 1.29 bits per heavy atom. The molecule has 1 aromatic rings. The van der Waals surface area contributed by atoms with Gasteiger partial charge in [0.25, 0.3) is 0 Å². The van der Waals surface area contributed by atoms with E-state index in [0.717, 1.165) is 18.4 Å². The van der Waals surface area contributed by atoms with E-state index in [4.69, 9.17) is 9.84 Å². The van der Waals surface area contributed by atoms with Gasteiger partial charge in [0.15, 0.2) is 0 Å². The number of carboxylic acids is 1. The lowest BCUT2D eigenvalue weighted by Crippen LogP contribution is -2.46. The van der Waals surface area contributed by atoms with Gasteiger partial charge in [-0.2, -0.15) is 0 Å². The number of carbonyl (C=O) groups is 2. The third kappa shape index (κ3) is 6.58. The van der Waals surface area contributed by atoms with Crippen LogP contribution in [-0.4, -0.2) is 42.9 Å². The van der Waals surface area contributed by atoms with E-state index in [1.165, 1.54) is 0 Å². The lowest BCUT2D eigenvalue weighted by Gasteiger charge is -2.20. The van der Waals surface area contributed by atoms with Gasteiger partial charge < -0.3 is 20.5 Å². The average molecular weight is 334 g/mol. The molecular weight excluding hydrogens is 308 g/mol. The van der Waals surface area contributed by atoms with Crippen molar-refractivity contribution < 1.29 is 19.4 Å². The first-order valence-corrected chi connectivity index (χ1v) is 8.41. The molecule has 3 N–H and O–H groups in total. The Morgan fingerprint density at radius 3 is 2.58 bits per heavy atom. The zero-order valence-corrected chi connectivity index (χ0v) is 14.0. The zero-order valence-electron chi connectivity index (χ0n) is 14.0. The summed E-state index contributed by atoms with van der Waals surface area (Å²) >= 11 is 0.